The van der Waals surface area contributed by atoms with Gasteiger partial charge in [0.25, 0.3) is 5.91 Å². The van der Waals surface area contributed by atoms with Crippen LogP contribution in [0.1, 0.15) is 21.5 Å². The molecule has 2 rings (SSSR count). The molecule has 1 unspecified atom stereocenters. The molecule has 4 heteroatoms. The number of hydrogen-bond donors (Lipinski definition) is 2. The lowest BCUT2D eigenvalue weighted by Gasteiger charge is -2.17. The predicted molar refractivity (Wildman–Crippen MR) is 81.6 cm³/mol. The van der Waals surface area contributed by atoms with Crippen LogP contribution in [0.4, 0.5) is 4.39 Å². The molecular weight excluding hydrogens is 267 g/mol. The summed E-state index contributed by atoms with van der Waals surface area (Å²) in [6, 6.07) is 14.1. The lowest BCUT2D eigenvalue weighted by Crippen LogP contribution is -2.41. The van der Waals surface area contributed by atoms with Gasteiger partial charge in [0.05, 0.1) is 0 Å². The summed E-state index contributed by atoms with van der Waals surface area (Å²) in [5.74, 6) is -0.685. The van der Waals surface area contributed by atoms with Crippen LogP contribution in [0.3, 0.4) is 0 Å². The molecule has 21 heavy (non-hydrogen) atoms. The number of nitrogens with one attached hydrogen (secondary N) is 1. The van der Waals surface area contributed by atoms with Gasteiger partial charge in [0, 0.05) is 18.2 Å². The molecule has 0 spiro atoms. The Balaban J connectivity index is 2.04. The molecule has 0 radical (unpaired) electrons. The van der Waals surface area contributed by atoms with Crippen LogP contribution >= 0.6 is 0 Å². The zero-order valence-electron chi connectivity index (χ0n) is 12.0. The summed E-state index contributed by atoms with van der Waals surface area (Å²) < 4.78 is 13.5. The second-order valence-electron chi connectivity index (χ2n) is 5.06. The third kappa shape index (κ3) is 4.13. The van der Waals surface area contributed by atoms with E-state index in [-0.39, 0.29) is 17.8 Å². The van der Waals surface area contributed by atoms with E-state index in [0.29, 0.717) is 24.1 Å². The molecule has 0 saturated carbocycles. The lowest BCUT2D eigenvalue weighted by atomic mass is 10.1. The zero-order chi connectivity index (χ0) is 15.2. The van der Waals surface area contributed by atoms with Crippen LogP contribution in [0.5, 0.6) is 0 Å². The van der Waals surface area contributed by atoms with Crippen LogP contribution in [0, 0.1) is 12.7 Å². The van der Waals surface area contributed by atoms with E-state index in [1.807, 2.05) is 30.3 Å². The number of aryl methyl sites for hydroxylation is 1. The van der Waals surface area contributed by atoms with Crippen molar-refractivity contribution in [3.63, 3.8) is 0 Å². The molecule has 0 aromatic heterocycles. The van der Waals surface area contributed by atoms with Crippen LogP contribution in [-0.2, 0) is 6.42 Å². The van der Waals surface area contributed by atoms with Gasteiger partial charge >= 0.3 is 0 Å². The van der Waals surface area contributed by atoms with E-state index in [2.05, 4.69) is 5.32 Å². The molecule has 2 aromatic rings. The van der Waals surface area contributed by atoms with Gasteiger partial charge in [0.15, 0.2) is 0 Å². The molecule has 0 fully saturated rings. The van der Waals surface area contributed by atoms with Crippen molar-refractivity contribution < 1.29 is 9.18 Å². The number of benzene rings is 2. The van der Waals surface area contributed by atoms with Crippen molar-refractivity contribution in [1.82, 2.24) is 5.32 Å². The molecule has 0 aliphatic rings. The number of nitrogens with two attached hydrogens (primary N) is 1. The maximum atomic E-state index is 13.5. The minimum Gasteiger partial charge on any atom is -0.348 e. The summed E-state index contributed by atoms with van der Waals surface area (Å²) >= 11 is 0. The summed E-state index contributed by atoms with van der Waals surface area (Å²) in [4.78, 5) is 12.1. The maximum absolute atomic E-state index is 13.5. The quantitative estimate of drug-likeness (QED) is 0.887. The fraction of sp³-hybridized carbons (Fsp3) is 0.235. The highest BCUT2D eigenvalue weighted by molar-refractivity contribution is 5.94. The van der Waals surface area contributed by atoms with Crippen molar-refractivity contribution in [1.29, 1.82) is 0 Å². The number of halogens is 1. The molecule has 1 amide bonds. The van der Waals surface area contributed by atoms with E-state index in [0.717, 1.165) is 5.56 Å². The van der Waals surface area contributed by atoms with Crippen LogP contribution in [0.2, 0.25) is 0 Å². The topological polar surface area (TPSA) is 55.1 Å². The van der Waals surface area contributed by atoms with Gasteiger partial charge in [-0.2, -0.15) is 0 Å². The first-order valence-electron chi connectivity index (χ1n) is 6.91. The number of hydrogen-bond acceptors (Lipinski definition) is 2. The predicted octanol–water partition coefficient (Wildman–Crippen LogP) is 2.43. The molecule has 0 aliphatic carbocycles. The summed E-state index contributed by atoms with van der Waals surface area (Å²) in [6.45, 7) is 1.99. The minimum atomic E-state index is -0.380. The normalized spacial score (nSPS) is 12.0. The molecule has 0 heterocycles. The average Bonchev–Trinajstić information content (AvgIpc) is 2.50. The number of amides is 1. The van der Waals surface area contributed by atoms with E-state index < -0.39 is 0 Å². The van der Waals surface area contributed by atoms with Crippen LogP contribution in [0.15, 0.2) is 48.5 Å². The lowest BCUT2D eigenvalue weighted by molar-refractivity contribution is 0.0937. The Morgan fingerprint density at radius 3 is 2.57 bits per heavy atom. The molecule has 2 aromatic carbocycles. The first-order valence-corrected chi connectivity index (χ1v) is 6.91. The smallest absolute Gasteiger partial charge is 0.251 e. The SMILES string of the molecule is Cc1ccc(C(=O)NC(CN)Cc2ccccc2)cc1F. The van der Waals surface area contributed by atoms with E-state index in [1.165, 1.54) is 6.07 Å². The molecule has 0 aliphatic heterocycles. The van der Waals surface area contributed by atoms with Crippen LogP contribution in [0.25, 0.3) is 0 Å². The summed E-state index contributed by atoms with van der Waals surface area (Å²) in [5, 5.41) is 2.85. The summed E-state index contributed by atoms with van der Waals surface area (Å²) in [6.07, 6.45) is 0.650. The van der Waals surface area contributed by atoms with Crippen LogP contribution in [-0.4, -0.2) is 18.5 Å². The van der Waals surface area contributed by atoms with Gasteiger partial charge in [0.2, 0.25) is 0 Å². The molecule has 3 nitrogen and oxygen atoms in total. The minimum absolute atomic E-state index is 0.177. The van der Waals surface area contributed by atoms with E-state index >= 15 is 0 Å². The first-order chi connectivity index (χ1) is 10.1. The Bertz CT molecular complexity index is 613. The maximum Gasteiger partial charge on any atom is 0.251 e. The number of rotatable bonds is 5. The van der Waals surface area contributed by atoms with Gasteiger partial charge in [-0.25, -0.2) is 4.39 Å². The highest BCUT2D eigenvalue weighted by atomic mass is 19.1. The Labute approximate surface area is 124 Å². The monoisotopic (exact) mass is 286 g/mol. The fourth-order valence-electron chi connectivity index (χ4n) is 2.09. The Hall–Kier alpha value is -2.20. The summed E-state index contributed by atoms with van der Waals surface area (Å²) in [7, 11) is 0. The van der Waals surface area contributed by atoms with Gasteiger partial charge in [-0.1, -0.05) is 36.4 Å². The molecule has 1 atom stereocenters. The number of carbonyl (C=O) groups is 1. The third-order valence-electron chi connectivity index (χ3n) is 3.38. The van der Waals surface area contributed by atoms with Crippen molar-refractivity contribution >= 4 is 5.91 Å². The Morgan fingerprint density at radius 2 is 1.95 bits per heavy atom. The average molecular weight is 286 g/mol. The van der Waals surface area contributed by atoms with Crippen molar-refractivity contribution in [3.8, 4) is 0 Å². The standard InChI is InChI=1S/C17H19FN2O/c1-12-7-8-14(10-16(12)18)17(21)20-15(11-19)9-13-5-3-2-4-6-13/h2-8,10,15H,9,11,19H2,1H3,(H,20,21). The van der Waals surface area contributed by atoms with E-state index in [9.17, 15) is 9.18 Å². The first kappa shape index (κ1) is 15.2. The van der Waals surface area contributed by atoms with Gasteiger partial charge in [-0.05, 0) is 36.6 Å². The Kier molecular flexibility index (Phi) is 5.06. The van der Waals surface area contributed by atoms with Gasteiger partial charge in [-0.3, -0.25) is 4.79 Å². The summed E-state index contributed by atoms with van der Waals surface area (Å²) in [5.41, 5.74) is 7.64. The fourth-order valence-corrected chi connectivity index (χ4v) is 2.09. The van der Waals surface area contributed by atoms with Crippen molar-refractivity contribution in [3.05, 3.63) is 71.0 Å². The van der Waals surface area contributed by atoms with Gasteiger partial charge in [-0.15, -0.1) is 0 Å². The Morgan fingerprint density at radius 1 is 1.24 bits per heavy atom. The molecular formula is C17H19FN2O. The third-order valence-corrected chi connectivity index (χ3v) is 3.38. The van der Waals surface area contributed by atoms with E-state index in [4.69, 9.17) is 5.73 Å². The highest BCUT2D eigenvalue weighted by Crippen LogP contribution is 2.10. The largest absolute Gasteiger partial charge is 0.348 e. The molecule has 110 valence electrons. The number of carbonyl (C=O) groups excluding carboxylic acids is 1. The van der Waals surface area contributed by atoms with Crippen molar-refractivity contribution in [2.45, 2.75) is 19.4 Å². The second kappa shape index (κ2) is 6.99. The van der Waals surface area contributed by atoms with Gasteiger partial charge < -0.3 is 11.1 Å². The van der Waals surface area contributed by atoms with Crippen molar-refractivity contribution in [2.24, 2.45) is 5.73 Å². The highest BCUT2D eigenvalue weighted by Gasteiger charge is 2.14. The zero-order valence-corrected chi connectivity index (χ0v) is 12.0. The molecule has 0 bridgehead atoms. The van der Waals surface area contributed by atoms with Crippen molar-refractivity contribution in [2.75, 3.05) is 6.54 Å². The van der Waals surface area contributed by atoms with E-state index in [1.54, 1.807) is 19.1 Å². The molecule has 3 N–H and O–H groups in total. The van der Waals surface area contributed by atoms with Crippen LogP contribution < -0.4 is 11.1 Å². The second-order valence-corrected chi connectivity index (χ2v) is 5.06. The van der Waals surface area contributed by atoms with Gasteiger partial charge in [0.1, 0.15) is 5.82 Å². The molecule has 0 saturated heterocycles.